The highest BCUT2D eigenvalue weighted by atomic mass is 32.1. The van der Waals surface area contributed by atoms with E-state index in [1.807, 2.05) is 6.07 Å². The predicted octanol–water partition coefficient (Wildman–Crippen LogP) is 3.00. The van der Waals surface area contributed by atoms with Crippen LogP contribution >= 0.6 is 12.2 Å². The highest BCUT2D eigenvalue weighted by Crippen LogP contribution is 2.28. The first-order valence-corrected chi connectivity index (χ1v) is 5.73. The number of rotatable bonds is 3. The van der Waals surface area contributed by atoms with Gasteiger partial charge in [0.05, 0.1) is 4.99 Å². The van der Waals surface area contributed by atoms with Gasteiger partial charge in [-0.3, -0.25) is 0 Å². The minimum atomic E-state index is 0.596. The van der Waals surface area contributed by atoms with Gasteiger partial charge in [0.2, 0.25) is 0 Å². The van der Waals surface area contributed by atoms with Gasteiger partial charge in [-0.15, -0.1) is 0 Å². The van der Waals surface area contributed by atoms with Crippen LogP contribution in [0.25, 0.3) is 0 Å². The Hall–Kier alpha value is -1.15. The molecule has 0 atom stereocenters. The third kappa shape index (κ3) is 2.45. The van der Waals surface area contributed by atoms with Crippen molar-refractivity contribution in [3.05, 3.63) is 47.0 Å². The molecule has 78 valence electrons. The molecule has 0 aromatic heterocycles. The van der Waals surface area contributed by atoms with Crippen molar-refractivity contribution in [1.29, 1.82) is 0 Å². The Balaban J connectivity index is 2.18. The van der Waals surface area contributed by atoms with Crippen LogP contribution < -0.4 is 5.73 Å². The Bertz CT molecular complexity index is 392. The molecular weight excluding hydrogens is 202 g/mol. The second-order valence-electron chi connectivity index (χ2n) is 3.96. The standard InChI is InChI=1S/C13H15NS/c14-13(15)12-8-4-7-11(12)9-10-5-2-1-3-6-10/h1-3,5-6H,4,7-9H2,(H2,14,15). The van der Waals surface area contributed by atoms with Crippen LogP contribution in [0.2, 0.25) is 0 Å². The summed E-state index contributed by atoms with van der Waals surface area (Å²) in [5.74, 6) is 0. The quantitative estimate of drug-likeness (QED) is 0.788. The summed E-state index contributed by atoms with van der Waals surface area (Å²) in [6.07, 6.45) is 4.43. The summed E-state index contributed by atoms with van der Waals surface area (Å²) >= 11 is 5.07. The van der Waals surface area contributed by atoms with Crippen molar-refractivity contribution in [3.63, 3.8) is 0 Å². The Kier molecular flexibility index (Phi) is 3.17. The van der Waals surface area contributed by atoms with Gasteiger partial charge in [0.1, 0.15) is 0 Å². The van der Waals surface area contributed by atoms with E-state index in [0.29, 0.717) is 4.99 Å². The lowest BCUT2D eigenvalue weighted by molar-refractivity contribution is 0.884. The van der Waals surface area contributed by atoms with Crippen molar-refractivity contribution in [3.8, 4) is 0 Å². The fourth-order valence-corrected chi connectivity index (χ4v) is 2.39. The zero-order chi connectivity index (χ0) is 10.7. The summed E-state index contributed by atoms with van der Waals surface area (Å²) in [6, 6.07) is 10.5. The topological polar surface area (TPSA) is 26.0 Å². The van der Waals surface area contributed by atoms with Crippen molar-refractivity contribution in [2.75, 3.05) is 0 Å². The maximum absolute atomic E-state index is 5.72. The van der Waals surface area contributed by atoms with Crippen LogP contribution in [0.4, 0.5) is 0 Å². The first-order chi connectivity index (χ1) is 7.27. The molecule has 1 aromatic rings. The van der Waals surface area contributed by atoms with Crippen molar-refractivity contribution >= 4 is 17.2 Å². The second kappa shape index (κ2) is 4.58. The first kappa shape index (κ1) is 10.4. The molecule has 0 aliphatic heterocycles. The summed E-state index contributed by atoms with van der Waals surface area (Å²) in [7, 11) is 0. The van der Waals surface area contributed by atoms with Crippen molar-refractivity contribution in [2.24, 2.45) is 5.73 Å². The zero-order valence-electron chi connectivity index (χ0n) is 8.70. The SMILES string of the molecule is NC(=S)C1=C(Cc2ccccc2)CCC1. The molecule has 0 saturated heterocycles. The lowest BCUT2D eigenvalue weighted by Gasteiger charge is -2.06. The van der Waals surface area contributed by atoms with E-state index >= 15 is 0 Å². The van der Waals surface area contributed by atoms with Crippen molar-refractivity contribution in [1.82, 2.24) is 0 Å². The van der Waals surface area contributed by atoms with E-state index in [9.17, 15) is 0 Å². The summed E-state index contributed by atoms with van der Waals surface area (Å²) < 4.78 is 0. The molecular formula is C13H15NS. The van der Waals surface area contributed by atoms with E-state index in [1.165, 1.54) is 23.1 Å². The maximum Gasteiger partial charge on any atom is 0.0994 e. The van der Waals surface area contributed by atoms with Crippen molar-refractivity contribution in [2.45, 2.75) is 25.7 Å². The lowest BCUT2D eigenvalue weighted by Crippen LogP contribution is -2.11. The van der Waals surface area contributed by atoms with Gasteiger partial charge >= 0.3 is 0 Å². The Morgan fingerprint density at radius 1 is 1.20 bits per heavy atom. The molecule has 0 heterocycles. The average Bonchev–Trinajstić information content (AvgIpc) is 2.67. The first-order valence-electron chi connectivity index (χ1n) is 5.32. The number of benzene rings is 1. The molecule has 1 nitrogen and oxygen atoms in total. The van der Waals surface area contributed by atoms with Gasteiger partial charge < -0.3 is 5.73 Å². The monoisotopic (exact) mass is 217 g/mol. The molecule has 0 radical (unpaired) electrons. The van der Waals surface area contributed by atoms with Crippen LogP contribution in [0, 0.1) is 0 Å². The summed E-state index contributed by atoms with van der Waals surface area (Å²) in [4.78, 5) is 0.596. The van der Waals surface area contributed by atoms with Gasteiger partial charge in [-0.2, -0.15) is 0 Å². The van der Waals surface area contributed by atoms with Crippen LogP contribution in [-0.4, -0.2) is 4.99 Å². The van der Waals surface area contributed by atoms with E-state index in [0.717, 1.165) is 19.3 Å². The highest BCUT2D eigenvalue weighted by molar-refractivity contribution is 7.80. The molecule has 0 unspecified atom stereocenters. The molecule has 2 heteroatoms. The molecule has 1 aliphatic rings. The molecule has 2 N–H and O–H groups in total. The molecule has 1 aromatic carbocycles. The molecule has 0 bridgehead atoms. The van der Waals surface area contributed by atoms with Crippen molar-refractivity contribution < 1.29 is 0 Å². The maximum atomic E-state index is 5.72. The number of allylic oxidation sites excluding steroid dienone is 1. The van der Waals surface area contributed by atoms with Gasteiger partial charge in [0.25, 0.3) is 0 Å². The number of hydrogen-bond donors (Lipinski definition) is 1. The largest absolute Gasteiger partial charge is 0.390 e. The van der Waals surface area contributed by atoms with Gasteiger partial charge in [0, 0.05) is 0 Å². The van der Waals surface area contributed by atoms with E-state index in [1.54, 1.807) is 0 Å². The molecule has 1 aliphatic carbocycles. The van der Waals surface area contributed by atoms with Gasteiger partial charge in [-0.1, -0.05) is 48.1 Å². The Morgan fingerprint density at radius 2 is 1.93 bits per heavy atom. The van der Waals surface area contributed by atoms with E-state index in [2.05, 4.69) is 24.3 Å². The fraction of sp³-hybridized carbons (Fsp3) is 0.308. The van der Waals surface area contributed by atoms with E-state index in [4.69, 9.17) is 18.0 Å². The molecule has 0 fully saturated rings. The summed E-state index contributed by atoms with van der Waals surface area (Å²) in [5, 5.41) is 0. The van der Waals surface area contributed by atoms with Crippen LogP contribution in [-0.2, 0) is 6.42 Å². The van der Waals surface area contributed by atoms with Crippen LogP contribution in [0.15, 0.2) is 41.5 Å². The normalized spacial score (nSPS) is 15.7. The smallest absolute Gasteiger partial charge is 0.0994 e. The number of hydrogen-bond acceptors (Lipinski definition) is 1. The van der Waals surface area contributed by atoms with Crippen LogP contribution in [0.3, 0.4) is 0 Å². The minimum absolute atomic E-state index is 0.596. The Labute approximate surface area is 96.0 Å². The molecule has 2 rings (SSSR count). The number of nitrogens with two attached hydrogens (primary N) is 1. The van der Waals surface area contributed by atoms with Gasteiger partial charge in [-0.05, 0) is 36.8 Å². The van der Waals surface area contributed by atoms with E-state index < -0.39 is 0 Å². The van der Waals surface area contributed by atoms with Gasteiger partial charge in [0.15, 0.2) is 0 Å². The molecule has 0 amide bonds. The lowest BCUT2D eigenvalue weighted by atomic mass is 10.0. The summed E-state index contributed by atoms with van der Waals surface area (Å²) in [6.45, 7) is 0. The summed E-state index contributed by atoms with van der Waals surface area (Å²) in [5.41, 5.74) is 9.73. The highest BCUT2D eigenvalue weighted by Gasteiger charge is 2.16. The van der Waals surface area contributed by atoms with Gasteiger partial charge in [-0.25, -0.2) is 0 Å². The van der Waals surface area contributed by atoms with E-state index in [-0.39, 0.29) is 0 Å². The minimum Gasteiger partial charge on any atom is -0.390 e. The Morgan fingerprint density at radius 3 is 2.60 bits per heavy atom. The van der Waals surface area contributed by atoms with Crippen LogP contribution in [0.5, 0.6) is 0 Å². The molecule has 0 spiro atoms. The predicted molar refractivity (Wildman–Crippen MR) is 67.8 cm³/mol. The second-order valence-corrected chi connectivity index (χ2v) is 4.40. The van der Waals surface area contributed by atoms with Crippen LogP contribution in [0.1, 0.15) is 24.8 Å². The average molecular weight is 217 g/mol. The third-order valence-electron chi connectivity index (χ3n) is 2.89. The zero-order valence-corrected chi connectivity index (χ0v) is 9.52. The number of thiocarbonyl (C=S) groups is 1. The third-order valence-corrected chi connectivity index (χ3v) is 3.14. The molecule has 0 saturated carbocycles. The fourth-order valence-electron chi connectivity index (χ4n) is 2.14. The molecule has 15 heavy (non-hydrogen) atoms.